The van der Waals surface area contributed by atoms with E-state index in [-0.39, 0.29) is 16.8 Å². The first-order valence-electron chi connectivity index (χ1n) is 4.62. The largest absolute Gasteiger partial charge is 0.360 e. The fourth-order valence-corrected chi connectivity index (χ4v) is 1.41. The summed E-state index contributed by atoms with van der Waals surface area (Å²) in [5, 5.41) is 5.26. The molecule has 0 spiro atoms. The molecule has 0 radical (unpaired) electrons. The molecule has 2 N–H and O–H groups in total. The van der Waals surface area contributed by atoms with Gasteiger partial charge in [-0.3, -0.25) is 0 Å². The fourth-order valence-electron chi connectivity index (χ4n) is 1.07. The average Bonchev–Trinajstić information content (AvgIpc) is 2.11. The highest BCUT2D eigenvalue weighted by Gasteiger charge is 2.12. The van der Waals surface area contributed by atoms with Crippen LogP contribution >= 0.6 is 12.2 Å². The van der Waals surface area contributed by atoms with Gasteiger partial charge in [-0.1, -0.05) is 0 Å². The number of nitrogens with one attached hydrogen (secondary N) is 2. The first-order chi connectivity index (χ1) is 7.40. The minimum absolute atomic E-state index is 0.0430. The van der Waals surface area contributed by atoms with Crippen LogP contribution in [0.1, 0.15) is 13.8 Å². The molecule has 0 amide bonds. The van der Waals surface area contributed by atoms with Crippen LogP contribution < -0.4 is 10.6 Å². The molecule has 0 aliphatic heterocycles. The monoisotopic (exact) mass is 248 g/mol. The van der Waals surface area contributed by atoms with Crippen LogP contribution in [0.5, 0.6) is 0 Å². The first-order valence-corrected chi connectivity index (χ1v) is 5.03. The Morgan fingerprint density at radius 1 is 1.25 bits per heavy atom. The molecule has 1 aromatic carbocycles. The molecule has 0 aliphatic carbocycles. The van der Waals surface area contributed by atoms with Crippen LogP contribution in [0.15, 0.2) is 12.1 Å². The molecule has 0 saturated carbocycles. The zero-order valence-electron chi connectivity index (χ0n) is 8.77. The topological polar surface area (TPSA) is 24.1 Å². The highest BCUT2D eigenvalue weighted by atomic mass is 32.1. The summed E-state index contributed by atoms with van der Waals surface area (Å²) in [4.78, 5) is 0. The summed E-state index contributed by atoms with van der Waals surface area (Å²) in [5.41, 5.74) is -0.323. The molecular weight excluding hydrogens is 237 g/mol. The molecule has 0 bridgehead atoms. The van der Waals surface area contributed by atoms with Crippen molar-refractivity contribution in [2.24, 2.45) is 0 Å². The van der Waals surface area contributed by atoms with Gasteiger partial charge in [-0.25, -0.2) is 13.2 Å². The van der Waals surface area contributed by atoms with E-state index in [1.165, 1.54) is 0 Å². The minimum atomic E-state index is -1.25. The van der Waals surface area contributed by atoms with E-state index in [1.54, 1.807) is 0 Å². The Hall–Kier alpha value is -1.30. The molecule has 0 atom stereocenters. The molecule has 0 aliphatic rings. The van der Waals surface area contributed by atoms with Gasteiger partial charge in [-0.05, 0) is 26.1 Å². The van der Waals surface area contributed by atoms with Crippen molar-refractivity contribution < 1.29 is 13.2 Å². The third kappa shape index (κ3) is 3.37. The molecule has 88 valence electrons. The Morgan fingerprint density at radius 3 is 2.44 bits per heavy atom. The van der Waals surface area contributed by atoms with Gasteiger partial charge < -0.3 is 10.6 Å². The number of benzene rings is 1. The lowest BCUT2D eigenvalue weighted by Crippen LogP contribution is -2.34. The maximum Gasteiger partial charge on any atom is 0.182 e. The third-order valence-corrected chi connectivity index (χ3v) is 1.88. The summed E-state index contributed by atoms with van der Waals surface area (Å²) < 4.78 is 38.8. The van der Waals surface area contributed by atoms with Crippen molar-refractivity contribution in [1.82, 2.24) is 5.32 Å². The summed E-state index contributed by atoms with van der Waals surface area (Å²) in [5.74, 6) is -3.28. The summed E-state index contributed by atoms with van der Waals surface area (Å²) in [7, 11) is 0. The molecule has 0 saturated heterocycles. The van der Waals surface area contributed by atoms with Crippen LogP contribution in [-0.4, -0.2) is 11.2 Å². The second-order valence-corrected chi connectivity index (χ2v) is 3.91. The Balaban J connectivity index is 2.85. The lowest BCUT2D eigenvalue weighted by molar-refractivity contribution is 0.498. The Labute approximate surface area is 96.8 Å². The molecule has 1 rings (SSSR count). The van der Waals surface area contributed by atoms with Gasteiger partial charge in [0.15, 0.2) is 16.7 Å². The Kier molecular flexibility index (Phi) is 4.12. The highest BCUT2D eigenvalue weighted by molar-refractivity contribution is 7.80. The predicted octanol–water partition coefficient (Wildman–Crippen LogP) is 2.80. The second-order valence-electron chi connectivity index (χ2n) is 3.50. The van der Waals surface area contributed by atoms with Crippen LogP contribution in [0.3, 0.4) is 0 Å². The van der Waals surface area contributed by atoms with Crippen molar-refractivity contribution in [3.05, 3.63) is 29.6 Å². The van der Waals surface area contributed by atoms with Gasteiger partial charge in [0.05, 0.1) is 5.69 Å². The van der Waals surface area contributed by atoms with Gasteiger partial charge >= 0.3 is 0 Å². The molecule has 16 heavy (non-hydrogen) atoms. The Morgan fingerprint density at radius 2 is 1.88 bits per heavy atom. The fraction of sp³-hybridized carbons (Fsp3) is 0.300. The van der Waals surface area contributed by atoms with Crippen molar-refractivity contribution >= 4 is 23.0 Å². The number of rotatable bonds is 2. The molecule has 0 heterocycles. The summed E-state index contributed by atoms with van der Waals surface area (Å²) in [6.07, 6.45) is 0. The molecule has 2 nitrogen and oxygen atoms in total. The van der Waals surface area contributed by atoms with Crippen molar-refractivity contribution in [3.8, 4) is 0 Å². The van der Waals surface area contributed by atoms with Crippen molar-refractivity contribution in [2.75, 3.05) is 5.32 Å². The van der Waals surface area contributed by atoms with Crippen LogP contribution in [0, 0.1) is 17.5 Å². The number of thiocarbonyl (C=S) groups is 1. The second kappa shape index (κ2) is 5.16. The highest BCUT2D eigenvalue weighted by Crippen LogP contribution is 2.18. The number of anilines is 1. The SMILES string of the molecule is CC(C)NC(=S)Nc1cc(F)cc(F)c1F. The van der Waals surface area contributed by atoms with Crippen molar-refractivity contribution in [1.29, 1.82) is 0 Å². The average molecular weight is 248 g/mol. The molecule has 1 aromatic rings. The van der Waals surface area contributed by atoms with E-state index in [0.29, 0.717) is 6.07 Å². The van der Waals surface area contributed by atoms with Crippen LogP contribution in [0.4, 0.5) is 18.9 Å². The van der Waals surface area contributed by atoms with E-state index < -0.39 is 17.5 Å². The molecule has 0 unspecified atom stereocenters. The molecular formula is C10H11F3N2S. The van der Waals surface area contributed by atoms with Gasteiger partial charge in [-0.15, -0.1) is 0 Å². The van der Waals surface area contributed by atoms with E-state index in [0.717, 1.165) is 6.07 Å². The minimum Gasteiger partial charge on any atom is -0.360 e. The lowest BCUT2D eigenvalue weighted by atomic mass is 10.3. The third-order valence-electron chi connectivity index (χ3n) is 1.66. The predicted molar refractivity (Wildman–Crippen MR) is 60.8 cm³/mol. The lowest BCUT2D eigenvalue weighted by Gasteiger charge is -2.13. The summed E-state index contributed by atoms with van der Waals surface area (Å²) in [6.45, 7) is 3.66. The first kappa shape index (κ1) is 12.8. The summed E-state index contributed by atoms with van der Waals surface area (Å²) >= 11 is 4.82. The number of hydrogen-bond acceptors (Lipinski definition) is 1. The zero-order valence-corrected chi connectivity index (χ0v) is 9.59. The van der Waals surface area contributed by atoms with E-state index in [4.69, 9.17) is 12.2 Å². The van der Waals surface area contributed by atoms with Gasteiger partial charge in [-0.2, -0.15) is 0 Å². The van der Waals surface area contributed by atoms with Crippen LogP contribution in [-0.2, 0) is 0 Å². The van der Waals surface area contributed by atoms with E-state index in [9.17, 15) is 13.2 Å². The van der Waals surface area contributed by atoms with Gasteiger partial charge in [0.25, 0.3) is 0 Å². The smallest absolute Gasteiger partial charge is 0.182 e. The Bertz CT molecular complexity index is 407. The maximum atomic E-state index is 13.2. The quantitative estimate of drug-likeness (QED) is 0.621. The zero-order chi connectivity index (χ0) is 12.3. The standard InChI is InChI=1S/C10H11F3N2S/c1-5(2)14-10(16)15-8-4-6(11)3-7(12)9(8)13/h3-5H,1-2H3,(H2,14,15,16). The van der Waals surface area contributed by atoms with E-state index in [2.05, 4.69) is 10.6 Å². The van der Waals surface area contributed by atoms with Crippen molar-refractivity contribution in [3.63, 3.8) is 0 Å². The van der Waals surface area contributed by atoms with Crippen molar-refractivity contribution in [2.45, 2.75) is 19.9 Å². The molecule has 0 aromatic heterocycles. The number of hydrogen-bond donors (Lipinski definition) is 2. The number of halogens is 3. The van der Waals surface area contributed by atoms with Gasteiger partial charge in [0.1, 0.15) is 5.82 Å². The van der Waals surface area contributed by atoms with Crippen LogP contribution in [0.2, 0.25) is 0 Å². The van der Waals surface area contributed by atoms with Gasteiger partial charge in [0, 0.05) is 18.2 Å². The molecule has 0 fully saturated rings. The molecule has 6 heteroatoms. The summed E-state index contributed by atoms with van der Waals surface area (Å²) in [6, 6.07) is 1.35. The van der Waals surface area contributed by atoms with Gasteiger partial charge in [0.2, 0.25) is 0 Å². The van der Waals surface area contributed by atoms with E-state index in [1.807, 2.05) is 13.8 Å². The van der Waals surface area contributed by atoms with E-state index >= 15 is 0 Å². The van der Waals surface area contributed by atoms with Crippen LogP contribution in [0.25, 0.3) is 0 Å². The maximum absolute atomic E-state index is 13.2. The normalized spacial score (nSPS) is 10.4.